The number of aliphatic hydroxyl groups excluding tert-OH is 1. The summed E-state index contributed by atoms with van der Waals surface area (Å²) in [7, 11) is 5.39. The minimum Gasteiger partial charge on any atom is -0.508 e. The van der Waals surface area contributed by atoms with E-state index in [1.54, 1.807) is 13.2 Å². The highest BCUT2D eigenvalue weighted by Gasteiger charge is 2.50. The number of phenols is 2. The Kier molecular flexibility index (Phi) is 10.7. The highest BCUT2D eigenvalue weighted by atomic mass is 16.6. The molecule has 0 saturated heterocycles. The zero-order valence-corrected chi connectivity index (χ0v) is 33.9. The first-order valence-corrected chi connectivity index (χ1v) is 20.7. The first-order chi connectivity index (χ1) is 28.8. The number of nitrogens with one attached hydrogen (secondary N) is 3. The number of benzene rings is 5. The molecule has 0 saturated carbocycles. The summed E-state index contributed by atoms with van der Waals surface area (Å²) >= 11 is 0. The molecule has 4 unspecified atom stereocenters. The van der Waals surface area contributed by atoms with Gasteiger partial charge in [-0.15, -0.1) is 0 Å². The van der Waals surface area contributed by atoms with Crippen molar-refractivity contribution < 1.29 is 34.3 Å². The Balaban J connectivity index is 1.22. The molecule has 306 valence electrons. The van der Waals surface area contributed by atoms with Gasteiger partial charge in [-0.1, -0.05) is 42.5 Å². The Bertz CT molecular complexity index is 2480. The number of phenolic OH excluding ortho intramolecular Hbond substituents is 2. The predicted octanol–water partition coefficient (Wildman–Crippen LogP) is 7.44. The van der Waals surface area contributed by atoms with Crippen LogP contribution in [0.3, 0.4) is 0 Å². The van der Waals surface area contributed by atoms with E-state index in [9.17, 15) is 15.3 Å². The normalized spacial score (nSPS) is 20.5. The fourth-order valence-corrected chi connectivity index (χ4v) is 9.83. The fourth-order valence-electron chi connectivity index (χ4n) is 9.83. The zero-order valence-electron chi connectivity index (χ0n) is 33.9. The topological polar surface area (TPSA) is 137 Å². The summed E-state index contributed by atoms with van der Waals surface area (Å²) in [6.07, 6.45) is 5.65. The molecule has 59 heavy (non-hydrogen) atoms. The number of fused-ring (bicyclic) bond motifs is 9. The lowest BCUT2D eigenvalue weighted by Gasteiger charge is -2.47. The highest BCUT2D eigenvalue weighted by molar-refractivity contribution is 5.85. The van der Waals surface area contributed by atoms with Gasteiger partial charge in [0.05, 0.1) is 20.4 Å². The Morgan fingerprint density at radius 3 is 2.53 bits per heavy atom. The van der Waals surface area contributed by atoms with Crippen molar-refractivity contribution in [1.82, 2.24) is 15.6 Å². The lowest BCUT2D eigenvalue weighted by molar-refractivity contribution is -0.128. The van der Waals surface area contributed by atoms with Crippen LogP contribution in [0.25, 0.3) is 22.0 Å². The molecule has 4 atom stereocenters. The number of likely N-dealkylation sites (N-methyl/N-ethyl adjacent to an activating group) is 1. The zero-order chi connectivity index (χ0) is 40.7. The summed E-state index contributed by atoms with van der Waals surface area (Å²) in [5.41, 5.74) is 10.5. The second kappa shape index (κ2) is 16.3. The van der Waals surface area contributed by atoms with Crippen molar-refractivity contribution in [3.8, 4) is 39.9 Å². The maximum absolute atomic E-state index is 11.5. The molecule has 0 fully saturated rings. The molecule has 6 aromatic rings. The van der Waals surface area contributed by atoms with Crippen molar-refractivity contribution >= 4 is 10.9 Å². The van der Waals surface area contributed by atoms with Gasteiger partial charge in [0.2, 0.25) is 0 Å². The number of rotatable bonds is 13. The molecule has 10 nitrogen and oxygen atoms in total. The summed E-state index contributed by atoms with van der Waals surface area (Å²) in [4.78, 5) is 3.31. The van der Waals surface area contributed by atoms with Crippen molar-refractivity contribution in [2.45, 2.75) is 68.7 Å². The molecule has 0 radical (unpaired) electrons. The molecule has 1 aliphatic carbocycles. The van der Waals surface area contributed by atoms with Crippen LogP contribution >= 0.6 is 0 Å². The highest BCUT2D eigenvalue weighted by Crippen LogP contribution is 2.58. The van der Waals surface area contributed by atoms with Crippen LogP contribution in [0.4, 0.5) is 0 Å². The molecule has 0 spiro atoms. The number of H-pyrrole nitrogens is 1. The van der Waals surface area contributed by atoms with Crippen LogP contribution in [0.2, 0.25) is 0 Å². The van der Waals surface area contributed by atoms with Crippen molar-refractivity contribution in [2.24, 2.45) is 0 Å². The monoisotopic (exact) mass is 795 g/mol. The molecule has 10 heteroatoms. The van der Waals surface area contributed by atoms with Crippen molar-refractivity contribution in [1.29, 1.82) is 0 Å². The third kappa shape index (κ3) is 7.18. The first kappa shape index (κ1) is 39.0. The number of hydrogen-bond donors (Lipinski definition) is 6. The minimum absolute atomic E-state index is 0.0450. The Hall–Kier alpha value is -5.52. The molecule has 5 aromatic carbocycles. The van der Waals surface area contributed by atoms with Crippen LogP contribution in [0.15, 0.2) is 91.1 Å². The largest absolute Gasteiger partial charge is 0.508 e. The number of methoxy groups -OCH3 is 1. The van der Waals surface area contributed by atoms with E-state index in [4.69, 9.17) is 18.9 Å². The molecular formula is C49H53N3O7. The third-order valence-corrected chi connectivity index (χ3v) is 12.6. The quantitative estimate of drug-likeness (QED) is 0.0660. The Morgan fingerprint density at radius 1 is 0.864 bits per heavy atom. The van der Waals surface area contributed by atoms with Crippen LogP contribution < -0.4 is 24.8 Å². The number of aromatic hydroxyl groups is 2. The molecule has 6 N–H and O–H groups in total. The van der Waals surface area contributed by atoms with Gasteiger partial charge in [0.15, 0.2) is 17.6 Å². The number of aryl methyl sites for hydroxylation is 2. The van der Waals surface area contributed by atoms with Gasteiger partial charge in [-0.2, -0.15) is 0 Å². The summed E-state index contributed by atoms with van der Waals surface area (Å²) in [5, 5.41) is 40.6. The molecular weight excluding hydrogens is 743 g/mol. The van der Waals surface area contributed by atoms with Gasteiger partial charge < -0.3 is 44.6 Å². The molecule has 0 bridgehead atoms. The average Bonchev–Trinajstić information content (AvgIpc) is 3.74. The van der Waals surface area contributed by atoms with E-state index in [1.165, 1.54) is 11.1 Å². The van der Waals surface area contributed by atoms with Crippen LogP contribution in [-0.2, 0) is 43.3 Å². The summed E-state index contributed by atoms with van der Waals surface area (Å²) < 4.78 is 27.0. The van der Waals surface area contributed by atoms with Crippen LogP contribution in [0, 0.1) is 0 Å². The minimum atomic E-state index is -0.890. The molecule has 9 rings (SSSR count). The summed E-state index contributed by atoms with van der Waals surface area (Å²) in [6.45, 7) is 0.665. The maximum atomic E-state index is 11.5. The van der Waals surface area contributed by atoms with Crippen molar-refractivity contribution in [2.75, 3.05) is 41.1 Å². The standard InChI is InChI=1S/C49H53N3O7/c1-50-27-49(57-28-51-2)25-41-40-22-33(20-30-10-16-42-31(19-30)17-18-52-42)39-24-35(54)12-14-37(39)44(40)47-38(15-13-36(26-53)58-47)46(41)59-48(49)34-21-32(45(55)43(23-34)56-3)11-9-29-7-5-4-6-8-29/h4-8,10,12,14,16-19,21,23-24,33,36,48,50-55H,9,11,13,15,20,22,25-28H2,1-3H3. The van der Waals surface area contributed by atoms with Gasteiger partial charge >= 0.3 is 0 Å². The number of aromatic nitrogens is 1. The van der Waals surface area contributed by atoms with Crippen molar-refractivity contribution in [3.05, 3.63) is 136 Å². The molecule has 3 heterocycles. The van der Waals surface area contributed by atoms with E-state index in [-0.39, 0.29) is 36.9 Å². The Morgan fingerprint density at radius 2 is 1.73 bits per heavy atom. The molecule has 3 aliphatic rings. The van der Waals surface area contributed by atoms with Crippen LogP contribution in [0.5, 0.6) is 28.7 Å². The van der Waals surface area contributed by atoms with E-state index in [2.05, 4.69) is 52.0 Å². The second-order valence-corrected chi connectivity index (χ2v) is 16.3. The lowest BCUT2D eigenvalue weighted by atomic mass is 9.70. The summed E-state index contributed by atoms with van der Waals surface area (Å²) in [6, 6.07) is 28.6. The van der Waals surface area contributed by atoms with Crippen molar-refractivity contribution in [3.63, 3.8) is 0 Å². The van der Waals surface area contributed by atoms with Gasteiger partial charge in [0.1, 0.15) is 29.0 Å². The number of aromatic amines is 1. The maximum Gasteiger partial charge on any atom is 0.161 e. The van der Waals surface area contributed by atoms with E-state index >= 15 is 0 Å². The Labute approximate surface area is 345 Å². The first-order valence-electron chi connectivity index (χ1n) is 20.7. The molecule has 2 aliphatic heterocycles. The third-order valence-electron chi connectivity index (χ3n) is 12.6. The van der Waals surface area contributed by atoms with Gasteiger partial charge in [-0.25, -0.2) is 0 Å². The number of ether oxygens (including phenoxy) is 4. The number of hydrogen-bond acceptors (Lipinski definition) is 9. The van der Waals surface area contributed by atoms with Crippen LogP contribution in [0.1, 0.15) is 63.0 Å². The van der Waals surface area contributed by atoms with Crippen LogP contribution in [-0.4, -0.2) is 73.1 Å². The van der Waals surface area contributed by atoms with E-state index in [0.29, 0.717) is 44.4 Å². The van der Waals surface area contributed by atoms with Gasteiger partial charge in [0, 0.05) is 41.4 Å². The van der Waals surface area contributed by atoms with Gasteiger partial charge in [-0.05, 0) is 145 Å². The lowest BCUT2D eigenvalue weighted by Crippen LogP contribution is -2.54. The van der Waals surface area contributed by atoms with E-state index in [0.717, 1.165) is 79.8 Å². The summed E-state index contributed by atoms with van der Waals surface area (Å²) in [5.74, 6) is 2.32. The SMILES string of the molecule is CNCOC1(CNC)Cc2c3c(c4c(c2OC1c1cc(CCc2ccccc2)c(O)c(OC)c1)CCC(CO)O4)-c1ccc(O)cc1C(Cc1ccc2[nH]ccc2c1)C3. The second-order valence-electron chi connectivity index (χ2n) is 16.3. The van der Waals surface area contributed by atoms with E-state index < -0.39 is 11.7 Å². The number of aliphatic hydroxyl groups is 1. The predicted molar refractivity (Wildman–Crippen MR) is 229 cm³/mol. The fraction of sp³-hybridized carbons (Fsp3) is 0.347. The smallest absolute Gasteiger partial charge is 0.161 e. The molecule has 1 aromatic heterocycles. The van der Waals surface area contributed by atoms with Gasteiger partial charge in [0.25, 0.3) is 0 Å². The molecule has 0 amide bonds. The van der Waals surface area contributed by atoms with Gasteiger partial charge in [-0.3, -0.25) is 5.32 Å². The van der Waals surface area contributed by atoms with E-state index in [1.807, 2.05) is 62.8 Å². The average molecular weight is 796 g/mol.